The summed E-state index contributed by atoms with van der Waals surface area (Å²) in [4.78, 5) is 34.3. The molecule has 6 heteroatoms. The van der Waals surface area contributed by atoms with Gasteiger partial charge in [-0.2, -0.15) is 0 Å². The number of ether oxygens (including phenoxy) is 1. The summed E-state index contributed by atoms with van der Waals surface area (Å²) in [6, 6.07) is 5.92. The van der Waals surface area contributed by atoms with Gasteiger partial charge in [0, 0.05) is 6.42 Å². The van der Waals surface area contributed by atoms with Gasteiger partial charge in [0.05, 0.1) is 12.7 Å². The van der Waals surface area contributed by atoms with Gasteiger partial charge in [0.1, 0.15) is 6.04 Å². The molecule has 0 fully saturated rings. The number of hydrogen-bond donors (Lipinski definition) is 2. The Kier molecular flexibility index (Phi) is 7.25. The SMILES string of the molecule is COC(=O)c1ccc(CCC(=O)NC(CC(C)C)C(=O)O)cc1. The zero-order valence-corrected chi connectivity index (χ0v) is 13.7. The average Bonchev–Trinajstić information content (AvgIpc) is 2.51. The Balaban J connectivity index is 2.52. The summed E-state index contributed by atoms with van der Waals surface area (Å²) in [6.07, 6.45) is 1.07. The number of carbonyl (C=O) groups excluding carboxylic acids is 2. The third-order valence-electron chi connectivity index (χ3n) is 3.36. The van der Waals surface area contributed by atoms with Crippen LogP contribution in [0.25, 0.3) is 0 Å². The fourth-order valence-corrected chi connectivity index (χ4v) is 2.14. The molecule has 0 bridgehead atoms. The van der Waals surface area contributed by atoms with Crippen molar-refractivity contribution in [3.05, 3.63) is 35.4 Å². The molecular formula is C17H23NO5. The highest BCUT2D eigenvalue weighted by molar-refractivity contribution is 5.89. The molecule has 1 atom stereocenters. The van der Waals surface area contributed by atoms with Crippen LogP contribution in [0.2, 0.25) is 0 Å². The van der Waals surface area contributed by atoms with Crippen LogP contribution < -0.4 is 5.32 Å². The summed E-state index contributed by atoms with van der Waals surface area (Å²) in [5, 5.41) is 11.6. The summed E-state index contributed by atoms with van der Waals surface area (Å²) in [6.45, 7) is 3.82. The van der Waals surface area contributed by atoms with Crippen molar-refractivity contribution in [2.24, 2.45) is 5.92 Å². The van der Waals surface area contributed by atoms with Crippen molar-refractivity contribution < 1.29 is 24.2 Å². The summed E-state index contributed by atoms with van der Waals surface area (Å²) in [5.41, 5.74) is 1.34. The van der Waals surface area contributed by atoms with Crippen molar-refractivity contribution >= 4 is 17.8 Å². The van der Waals surface area contributed by atoms with Crippen molar-refractivity contribution in [2.75, 3.05) is 7.11 Å². The Morgan fingerprint density at radius 2 is 1.78 bits per heavy atom. The quantitative estimate of drug-likeness (QED) is 0.715. The summed E-state index contributed by atoms with van der Waals surface area (Å²) < 4.78 is 4.61. The highest BCUT2D eigenvalue weighted by Gasteiger charge is 2.20. The largest absolute Gasteiger partial charge is 0.480 e. The number of amides is 1. The molecule has 1 unspecified atom stereocenters. The first-order chi connectivity index (χ1) is 10.8. The highest BCUT2D eigenvalue weighted by atomic mass is 16.5. The lowest BCUT2D eigenvalue weighted by atomic mass is 10.0. The number of aliphatic carboxylic acids is 1. The van der Waals surface area contributed by atoms with E-state index in [1.54, 1.807) is 24.3 Å². The molecule has 0 saturated carbocycles. The minimum Gasteiger partial charge on any atom is -0.480 e. The van der Waals surface area contributed by atoms with E-state index in [1.165, 1.54) is 7.11 Å². The molecule has 0 aliphatic heterocycles. The van der Waals surface area contributed by atoms with Gasteiger partial charge in [-0.1, -0.05) is 26.0 Å². The number of carbonyl (C=O) groups is 3. The van der Waals surface area contributed by atoms with E-state index >= 15 is 0 Å². The number of esters is 1. The lowest BCUT2D eigenvalue weighted by Gasteiger charge is -2.16. The van der Waals surface area contributed by atoms with E-state index in [9.17, 15) is 14.4 Å². The van der Waals surface area contributed by atoms with Crippen molar-refractivity contribution in [1.29, 1.82) is 0 Å². The third kappa shape index (κ3) is 6.50. The Bertz CT molecular complexity index is 551. The smallest absolute Gasteiger partial charge is 0.337 e. The number of methoxy groups -OCH3 is 1. The van der Waals surface area contributed by atoms with Crippen LogP contribution in [-0.4, -0.2) is 36.1 Å². The zero-order chi connectivity index (χ0) is 17.4. The summed E-state index contributed by atoms with van der Waals surface area (Å²) >= 11 is 0. The fraction of sp³-hybridized carbons (Fsp3) is 0.471. The van der Waals surface area contributed by atoms with E-state index in [-0.39, 0.29) is 18.2 Å². The maximum absolute atomic E-state index is 11.9. The van der Waals surface area contributed by atoms with Gasteiger partial charge in [-0.25, -0.2) is 9.59 Å². The van der Waals surface area contributed by atoms with E-state index in [0.717, 1.165) is 5.56 Å². The standard InChI is InChI=1S/C17H23NO5/c1-11(2)10-14(16(20)21)18-15(19)9-6-12-4-7-13(8-5-12)17(22)23-3/h4-5,7-8,11,14H,6,9-10H2,1-3H3,(H,18,19)(H,20,21). The number of nitrogens with one attached hydrogen (secondary N) is 1. The second-order valence-corrected chi connectivity index (χ2v) is 5.78. The molecule has 1 aromatic rings. The molecule has 2 N–H and O–H groups in total. The van der Waals surface area contributed by atoms with Crippen LogP contribution in [0.3, 0.4) is 0 Å². The second kappa shape index (κ2) is 8.92. The topological polar surface area (TPSA) is 92.7 Å². The number of carboxylic acid groups (broad SMARTS) is 1. The lowest BCUT2D eigenvalue weighted by Crippen LogP contribution is -2.41. The van der Waals surface area contributed by atoms with Crippen LogP contribution in [0.4, 0.5) is 0 Å². The molecule has 0 spiro atoms. The molecule has 0 aliphatic carbocycles. The molecule has 0 saturated heterocycles. The molecule has 0 heterocycles. The van der Waals surface area contributed by atoms with Gasteiger partial charge < -0.3 is 15.2 Å². The van der Waals surface area contributed by atoms with Gasteiger partial charge in [0.25, 0.3) is 0 Å². The second-order valence-electron chi connectivity index (χ2n) is 5.78. The van der Waals surface area contributed by atoms with E-state index in [4.69, 9.17) is 5.11 Å². The Labute approximate surface area is 135 Å². The van der Waals surface area contributed by atoms with E-state index < -0.39 is 18.0 Å². The van der Waals surface area contributed by atoms with Crippen molar-refractivity contribution in [2.45, 2.75) is 39.2 Å². The molecule has 6 nitrogen and oxygen atoms in total. The maximum Gasteiger partial charge on any atom is 0.337 e. The van der Waals surface area contributed by atoms with Crippen LogP contribution in [0.1, 0.15) is 42.6 Å². The Hall–Kier alpha value is -2.37. The summed E-state index contributed by atoms with van der Waals surface area (Å²) in [5.74, 6) is -1.54. The minimum absolute atomic E-state index is 0.183. The molecule has 0 aromatic heterocycles. The Morgan fingerprint density at radius 1 is 1.17 bits per heavy atom. The first kappa shape index (κ1) is 18.7. The van der Waals surface area contributed by atoms with Crippen molar-refractivity contribution in [3.63, 3.8) is 0 Å². The van der Waals surface area contributed by atoms with Gasteiger partial charge >= 0.3 is 11.9 Å². The van der Waals surface area contributed by atoms with Crippen LogP contribution in [-0.2, 0) is 20.7 Å². The van der Waals surface area contributed by atoms with Gasteiger partial charge in [-0.15, -0.1) is 0 Å². The minimum atomic E-state index is -1.02. The molecule has 0 radical (unpaired) electrons. The van der Waals surface area contributed by atoms with Crippen molar-refractivity contribution in [1.82, 2.24) is 5.32 Å². The molecular weight excluding hydrogens is 298 g/mol. The first-order valence-electron chi connectivity index (χ1n) is 7.53. The monoisotopic (exact) mass is 321 g/mol. The number of carboxylic acids is 1. The van der Waals surface area contributed by atoms with Gasteiger partial charge in [0.15, 0.2) is 0 Å². The first-order valence-corrected chi connectivity index (χ1v) is 7.53. The molecule has 1 rings (SSSR count). The summed E-state index contributed by atoms with van der Waals surface area (Å²) in [7, 11) is 1.32. The van der Waals surface area contributed by atoms with Gasteiger partial charge in [-0.3, -0.25) is 4.79 Å². The Morgan fingerprint density at radius 3 is 2.26 bits per heavy atom. The zero-order valence-electron chi connectivity index (χ0n) is 13.7. The van der Waals surface area contributed by atoms with Crippen molar-refractivity contribution in [3.8, 4) is 0 Å². The van der Waals surface area contributed by atoms with Crippen LogP contribution in [0, 0.1) is 5.92 Å². The van der Waals surface area contributed by atoms with Gasteiger partial charge in [0.2, 0.25) is 5.91 Å². The number of rotatable bonds is 8. The number of hydrogen-bond acceptors (Lipinski definition) is 4. The fourth-order valence-electron chi connectivity index (χ4n) is 2.14. The van der Waals surface area contributed by atoms with Crippen LogP contribution >= 0.6 is 0 Å². The van der Waals surface area contributed by atoms with Crippen LogP contribution in [0.5, 0.6) is 0 Å². The average molecular weight is 321 g/mol. The lowest BCUT2D eigenvalue weighted by molar-refractivity contribution is -0.142. The molecule has 1 aromatic carbocycles. The number of aryl methyl sites for hydroxylation is 1. The molecule has 23 heavy (non-hydrogen) atoms. The van der Waals surface area contributed by atoms with E-state index in [1.807, 2.05) is 13.8 Å². The van der Waals surface area contributed by atoms with Gasteiger partial charge in [-0.05, 0) is 36.5 Å². The van der Waals surface area contributed by atoms with E-state index in [0.29, 0.717) is 18.4 Å². The molecule has 0 aliphatic rings. The highest BCUT2D eigenvalue weighted by Crippen LogP contribution is 2.09. The normalized spacial score (nSPS) is 11.8. The van der Waals surface area contributed by atoms with E-state index in [2.05, 4.69) is 10.1 Å². The van der Waals surface area contributed by atoms with Crippen LogP contribution in [0.15, 0.2) is 24.3 Å². The predicted molar refractivity (Wildman–Crippen MR) is 85.1 cm³/mol. The number of benzene rings is 1. The maximum atomic E-state index is 11.9. The molecule has 126 valence electrons. The predicted octanol–water partition coefficient (Wildman–Crippen LogP) is 2.02. The molecule has 1 amide bonds. The third-order valence-corrected chi connectivity index (χ3v) is 3.36.